The van der Waals surface area contributed by atoms with Crippen molar-refractivity contribution in [1.29, 1.82) is 0 Å². The smallest absolute Gasteiger partial charge is 0.148 e. The van der Waals surface area contributed by atoms with Crippen LogP contribution in [0.15, 0.2) is 18.2 Å². The molecule has 0 aliphatic heterocycles. The Morgan fingerprint density at radius 3 is 2.43 bits per heavy atom. The molecular formula is C16H20FN3O. The second-order valence-corrected chi connectivity index (χ2v) is 6.19. The Labute approximate surface area is 123 Å². The number of rotatable bonds is 3. The van der Waals surface area contributed by atoms with Crippen LogP contribution in [0.2, 0.25) is 0 Å². The van der Waals surface area contributed by atoms with Gasteiger partial charge in [-0.3, -0.25) is 0 Å². The molecule has 0 saturated heterocycles. The van der Waals surface area contributed by atoms with Gasteiger partial charge in [0.1, 0.15) is 17.3 Å². The second-order valence-electron chi connectivity index (χ2n) is 6.19. The molecule has 1 aromatic carbocycles. The van der Waals surface area contributed by atoms with E-state index in [9.17, 15) is 4.39 Å². The Kier molecular flexibility index (Phi) is 3.32. The van der Waals surface area contributed by atoms with Gasteiger partial charge < -0.3 is 5.11 Å². The van der Waals surface area contributed by atoms with Crippen LogP contribution in [0.25, 0.3) is 5.69 Å². The molecule has 1 aromatic heterocycles. The second kappa shape index (κ2) is 4.91. The zero-order chi connectivity index (χ0) is 15.2. The molecular weight excluding hydrogens is 269 g/mol. The van der Waals surface area contributed by atoms with Gasteiger partial charge in [0.25, 0.3) is 0 Å². The summed E-state index contributed by atoms with van der Waals surface area (Å²) in [6, 6.07) is 6.21. The highest BCUT2D eigenvalue weighted by Crippen LogP contribution is 2.46. The Bertz CT molecular complexity index is 654. The van der Waals surface area contributed by atoms with Gasteiger partial charge >= 0.3 is 0 Å². The number of hydrogen-bond acceptors (Lipinski definition) is 3. The van der Waals surface area contributed by atoms with E-state index in [1.165, 1.54) is 0 Å². The van der Waals surface area contributed by atoms with Crippen molar-refractivity contribution in [3.8, 4) is 5.69 Å². The summed E-state index contributed by atoms with van der Waals surface area (Å²) in [4.78, 5) is 4.47. The van der Waals surface area contributed by atoms with Crippen LogP contribution in [-0.2, 0) is 0 Å². The summed E-state index contributed by atoms with van der Waals surface area (Å²) in [7, 11) is 0. The number of aliphatic hydroxyl groups excluding tert-OH is 1. The zero-order valence-corrected chi connectivity index (χ0v) is 12.6. The average Bonchev–Trinajstić information content (AvgIpc) is 2.75. The Morgan fingerprint density at radius 2 is 1.86 bits per heavy atom. The lowest BCUT2D eigenvalue weighted by Gasteiger charge is -2.39. The van der Waals surface area contributed by atoms with Gasteiger partial charge in [0.15, 0.2) is 0 Å². The number of alkyl halides is 1. The molecule has 5 heteroatoms. The van der Waals surface area contributed by atoms with E-state index < -0.39 is 12.3 Å². The lowest BCUT2D eigenvalue weighted by Crippen LogP contribution is -2.42. The highest BCUT2D eigenvalue weighted by molar-refractivity contribution is 5.40. The number of aryl methyl sites for hydroxylation is 3. The van der Waals surface area contributed by atoms with Gasteiger partial charge in [0, 0.05) is 5.92 Å². The lowest BCUT2D eigenvalue weighted by molar-refractivity contribution is -0.0163. The third kappa shape index (κ3) is 2.58. The zero-order valence-electron chi connectivity index (χ0n) is 12.6. The van der Waals surface area contributed by atoms with E-state index in [1.54, 1.807) is 0 Å². The van der Waals surface area contributed by atoms with Crippen molar-refractivity contribution < 1.29 is 9.50 Å². The van der Waals surface area contributed by atoms with E-state index in [0.29, 0.717) is 18.7 Å². The lowest BCUT2D eigenvalue weighted by atomic mass is 9.72. The summed E-state index contributed by atoms with van der Waals surface area (Å²) in [6.07, 6.45) is 0.624. The summed E-state index contributed by atoms with van der Waals surface area (Å²) in [5.41, 5.74) is 1.84. The summed E-state index contributed by atoms with van der Waals surface area (Å²) < 4.78 is 15.7. The first-order valence-electron chi connectivity index (χ1n) is 7.22. The molecule has 21 heavy (non-hydrogen) atoms. The topological polar surface area (TPSA) is 50.9 Å². The van der Waals surface area contributed by atoms with Gasteiger partial charge in [-0.15, -0.1) is 0 Å². The SMILES string of the molecule is Cc1cc(C)cc(-n2nc(C)nc2C2CC(F)(CO)C2)c1. The first-order chi connectivity index (χ1) is 9.90. The number of halogens is 1. The molecule has 1 heterocycles. The fourth-order valence-corrected chi connectivity index (χ4v) is 3.09. The van der Waals surface area contributed by atoms with Crippen LogP contribution in [0, 0.1) is 20.8 Å². The fourth-order valence-electron chi connectivity index (χ4n) is 3.09. The van der Waals surface area contributed by atoms with Crippen LogP contribution in [0.5, 0.6) is 0 Å². The van der Waals surface area contributed by atoms with Crippen molar-refractivity contribution in [2.75, 3.05) is 6.61 Å². The van der Waals surface area contributed by atoms with Crippen LogP contribution in [0.1, 0.15) is 41.5 Å². The van der Waals surface area contributed by atoms with E-state index >= 15 is 0 Å². The molecule has 112 valence electrons. The fraction of sp³-hybridized carbons (Fsp3) is 0.500. The highest BCUT2D eigenvalue weighted by Gasteiger charge is 2.47. The van der Waals surface area contributed by atoms with E-state index in [1.807, 2.05) is 25.5 Å². The number of aliphatic hydroxyl groups is 1. The molecule has 0 bridgehead atoms. The largest absolute Gasteiger partial charge is 0.393 e. The molecule has 0 unspecified atom stereocenters. The molecule has 1 N–H and O–H groups in total. The quantitative estimate of drug-likeness (QED) is 0.945. The molecule has 1 saturated carbocycles. The molecule has 3 rings (SSSR count). The summed E-state index contributed by atoms with van der Waals surface area (Å²) in [5.74, 6) is 1.49. The molecule has 0 spiro atoms. The van der Waals surface area contributed by atoms with Gasteiger partial charge in [-0.2, -0.15) is 5.10 Å². The number of aromatic nitrogens is 3. The van der Waals surface area contributed by atoms with E-state index in [2.05, 4.69) is 28.3 Å². The van der Waals surface area contributed by atoms with Crippen molar-refractivity contribution in [3.05, 3.63) is 41.0 Å². The number of hydrogen-bond donors (Lipinski definition) is 1. The van der Waals surface area contributed by atoms with Crippen LogP contribution in [0.4, 0.5) is 4.39 Å². The molecule has 0 amide bonds. The Hall–Kier alpha value is -1.75. The monoisotopic (exact) mass is 289 g/mol. The first-order valence-corrected chi connectivity index (χ1v) is 7.22. The standard InChI is InChI=1S/C16H20FN3O/c1-10-4-11(2)6-14(5-10)20-15(18-12(3)19-20)13-7-16(17,8-13)9-21/h4-6,13,21H,7-9H2,1-3H3. The maximum atomic E-state index is 13.9. The molecule has 1 fully saturated rings. The maximum Gasteiger partial charge on any atom is 0.148 e. The molecule has 0 atom stereocenters. The van der Waals surface area contributed by atoms with Crippen molar-refractivity contribution in [2.24, 2.45) is 0 Å². The van der Waals surface area contributed by atoms with Gasteiger partial charge in [0.05, 0.1) is 12.3 Å². The number of benzene rings is 1. The molecule has 2 aromatic rings. The molecule has 1 aliphatic carbocycles. The highest BCUT2D eigenvalue weighted by atomic mass is 19.1. The normalized spacial score (nSPS) is 24.9. The van der Waals surface area contributed by atoms with Crippen LogP contribution < -0.4 is 0 Å². The Balaban J connectivity index is 1.97. The van der Waals surface area contributed by atoms with Crippen LogP contribution in [0.3, 0.4) is 0 Å². The summed E-state index contributed by atoms with van der Waals surface area (Å²) in [6.45, 7) is 5.51. The van der Waals surface area contributed by atoms with Crippen LogP contribution >= 0.6 is 0 Å². The van der Waals surface area contributed by atoms with E-state index in [0.717, 1.165) is 22.6 Å². The minimum Gasteiger partial charge on any atom is -0.393 e. The van der Waals surface area contributed by atoms with Crippen molar-refractivity contribution in [3.63, 3.8) is 0 Å². The van der Waals surface area contributed by atoms with Gasteiger partial charge in [-0.25, -0.2) is 14.1 Å². The third-order valence-electron chi connectivity index (χ3n) is 4.06. The minimum atomic E-state index is -1.45. The summed E-state index contributed by atoms with van der Waals surface area (Å²) >= 11 is 0. The molecule has 1 aliphatic rings. The van der Waals surface area contributed by atoms with Crippen molar-refractivity contribution in [1.82, 2.24) is 14.8 Å². The minimum absolute atomic E-state index is 0.0177. The van der Waals surface area contributed by atoms with Crippen LogP contribution in [-0.4, -0.2) is 32.1 Å². The average molecular weight is 289 g/mol. The Morgan fingerprint density at radius 1 is 1.24 bits per heavy atom. The summed E-state index contributed by atoms with van der Waals surface area (Å²) in [5, 5.41) is 13.5. The third-order valence-corrected chi connectivity index (χ3v) is 4.06. The molecule has 4 nitrogen and oxygen atoms in total. The first kappa shape index (κ1) is 14.2. The van der Waals surface area contributed by atoms with Crippen molar-refractivity contribution >= 4 is 0 Å². The van der Waals surface area contributed by atoms with Gasteiger partial charge in [-0.1, -0.05) is 6.07 Å². The van der Waals surface area contributed by atoms with Crippen molar-refractivity contribution in [2.45, 2.75) is 45.2 Å². The van der Waals surface area contributed by atoms with E-state index in [-0.39, 0.29) is 5.92 Å². The van der Waals surface area contributed by atoms with Gasteiger partial charge in [-0.05, 0) is 56.9 Å². The predicted octanol–water partition coefficient (Wildman–Crippen LogP) is 2.77. The van der Waals surface area contributed by atoms with E-state index in [4.69, 9.17) is 5.11 Å². The maximum absolute atomic E-state index is 13.9. The predicted molar refractivity (Wildman–Crippen MR) is 78.5 cm³/mol. The van der Waals surface area contributed by atoms with Gasteiger partial charge in [0.2, 0.25) is 0 Å². The number of nitrogens with zero attached hydrogens (tertiary/aromatic N) is 3. The molecule has 0 radical (unpaired) electrons.